The number of carbonyl (C=O) groups is 2. The highest BCUT2D eigenvalue weighted by atomic mass is 19.1. The zero-order valence-corrected chi connectivity index (χ0v) is 11.9. The quantitative estimate of drug-likeness (QED) is 0.617. The third kappa shape index (κ3) is 3.14. The molecule has 2 saturated carbocycles. The third-order valence-electron chi connectivity index (χ3n) is 4.85. The van der Waals surface area contributed by atoms with Crippen molar-refractivity contribution in [1.29, 1.82) is 0 Å². The minimum absolute atomic E-state index is 0.0229. The number of carbonyl (C=O) groups excluding carboxylic acids is 2. The third-order valence-corrected chi connectivity index (χ3v) is 4.85. The van der Waals surface area contributed by atoms with Crippen LogP contribution >= 0.6 is 0 Å². The van der Waals surface area contributed by atoms with Crippen molar-refractivity contribution >= 4 is 11.8 Å². The molecule has 2 aliphatic rings. The highest BCUT2D eigenvalue weighted by molar-refractivity contribution is 5.98. The van der Waals surface area contributed by atoms with E-state index in [2.05, 4.69) is 0 Å². The molecule has 0 aliphatic heterocycles. The van der Waals surface area contributed by atoms with E-state index in [0.29, 0.717) is 18.3 Å². The van der Waals surface area contributed by atoms with Crippen LogP contribution < -0.4 is 0 Å². The van der Waals surface area contributed by atoms with Crippen molar-refractivity contribution in [2.75, 3.05) is 6.61 Å². The minimum Gasteiger partial charge on any atom is -0.457 e. The molecule has 1 aromatic carbocycles. The van der Waals surface area contributed by atoms with E-state index in [9.17, 15) is 14.0 Å². The lowest BCUT2D eigenvalue weighted by Gasteiger charge is -2.20. The predicted octanol–water partition coefficient (Wildman–Crippen LogP) is 3.38. The van der Waals surface area contributed by atoms with Crippen LogP contribution in [-0.2, 0) is 9.53 Å². The first-order valence-corrected chi connectivity index (χ1v) is 7.57. The molecule has 2 bridgehead atoms. The van der Waals surface area contributed by atoms with Crippen molar-refractivity contribution in [2.24, 2.45) is 17.8 Å². The first-order chi connectivity index (χ1) is 10.1. The van der Waals surface area contributed by atoms with E-state index in [4.69, 9.17) is 4.74 Å². The Hall–Kier alpha value is -1.71. The normalized spacial score (nSPS) is 26.8. The summed E-state index contributed by atoms with van der Waals surface area (Å²) in [7, 11) is 0. The average molecular weight is 290 g/mol. The molecule has 0 amide bonds. The molecule has 2 aliphatic carbocycles. The molecule has 2 fully saturated rings. The number of esters is 1. The summed E-state index contributed by atoms with van der Waals surface area (Å²) in [5.74, 6) is 0.454. The lowest BCUT2D eigenvalue weighted by molar-refractivity contribution is -0.144. The maximum atomic E-state index is 13.4. The fourth-order valence-corrected chi connectivity index (χ4v) is 3.81. The number of benzene rings is 1. The molecule has 112 valence electrons. The SMILES string of the molecule is O=C(CC1CC2CCC1C2)OCC(=O)c1ccccc1F. The van der Waals surface area contributed by atoms with Crippen LogP contribution in [0.2, 0.25) is 0 Å². The van der Waals surface area contributed by atoms with Gasteiger partial charge in [0, 0.05) is 6.42 Å². The molecule has 1 aromatic rings. The summed E-state index contributed by atoms with van der Waals surface area (Å²) >= 11 is 0. The van der Waals surface area contributed by atoms with Gasteiger partial charge in [-0.05, 0) is 49.1 Å². The van der Waals surface area contributed by atoms with Crippen LogP contribution in [-0.4, -0.2) is 18.4 Å². The molecule has 3 rings (SSSR count). The number of fused-ring (bicyclic) bond motifs is 2. The van der Waals surface area contributed by atoms with Gasteiger partial charge in [0.15, 0.2) is 6.61 Å². The predicted molar refractivity (Wildman–Crippen MR) is 75.2 cm³/mol. The average Bonchev–Trinajstić information content (AvgIpc) is 3.08. The van der Waals surface area contributed by atoms with Crippen molar-refractivity contribution in [3.63, 3.8) is 0 Å². The van der Waals surface area contributed by atoms with Crippen LogP contribution in [0.4, 0.5) is 4.39 Å². The van der Waals surface area contributed by atoms with Crippen LogP contribution in [0.3, 0.4) is 0 Å². The van der Waals surface area contributed by atoms with Gasteiger partial charge < -0.3 is 4.74 Å². The van der Waals surface area contributed by atoms with Crippen molar-refractivity contribution < 1.29 is 18.7 Å². The second-order valence-electron chi connectivity index (χ2n) is 6.20. The van der Waals surface area contributed by atoms with Crippen molar-refractivity contribution in [1.82, 2.24) is 0 Å². The Morgan fingerprint density at radius 3 is 2.67 bits per heavy atom. The lowest BCUT2D eigenvalue weighted by atomic mass is 9.86. The van der Waals surface area contributed by atoms with E-state index in [1.807, 2.05) is 0 Å². The van der Waals surface area contributed by atoms with Gasteiger partial charge in [-0.15, -0.1) is 0 Å². The highest BCUT2D eigenvalue weighted by Gasteiger charge is 2.40. The summed E-state index contributed by atoms with van der Waals surface area (Å²) in [6, 6.07) is 5.74. The summed E-state index contributed by atoms with van der Waals surface area (Å²) in [5.41, 5.74) is -0.0229. The molecule has 4 heteroatoms. The molecule has 0 aromatic heterocycles. The van der Waals surface area contributed by atoms with Crippen molar-refractivity contribution in [3.05, 3.63) is 35.6 Å². The molecule has 21 heavy (non-hydrogen) atoms. The Balaban J connectivity index is 1.48. The van der Waals surface area contributed by atoms with Crippen molar-refractivity contribution in [3.8, 4) is 0 Å². The van der Waals surface area contributed by atoms with E-state index >= 15 is 0 Å². The Morgan fingerprint density at radius 2 is 2.00 bits per heavy atom. The standard InChI is InChI=1S/C17H19FO3/c18-15-4-2-1-3-14(15)16(19)10-21-17(20)9-13-8-11-5-6-12(13)7-11/h1-4,11-13H,5-10H2. The zero-order valence-electron chi connectivity index (χ0n) is 11.9. The summed E-state index contributed by atoms with van der Waals surface area (Å²) < 4.78 is 18.5. The first-order valence-electron chi connectivity index (χ1n) is 7.57. The molecule has 0 heterocycles. The second kappa shape index (κ2) is 5.96. The first kappa shape index (κ1) is 14.2. The largest absolute Gasteiger partial charge is 0.457 e. The van der Waals surface area contributed by atoms with Crippen LogP contribution in [0.15, 0.2) is 24.3 Å². The number of ether oxygens (including phenoxy) is 1. The molecular weight excluding hydrogens is 271 g/mol. The van der Waals surface area contributed by atoms with Crippen molar-refractivity contribution in [2.45, 2.75) is 32.1 Å². The summed E-state index contributed by atoms with van der Waals surface area (Å²) in [6.07, 6.45) is 5.26. The summed E-state index contributed by atoms with van der Waals surface area (Å²) in [5, 5.41) is 0. The van der Waals surface area contributed by atoms with Gasteiger partial charge in [0.05, 0.1) is 5.56 Å². The summed E-state index contributed by atoms with van der Waals surface area (Å²) in [6.45, 7) is -0.374. The van der Waals surface area contributed by atoms with Crippen LogP contribution in [0.25, 0.3) is 0 Å². The number of halogens is 1. The topological polar surface area (TPSA) is 43.4 Å². The minimum atomic E-state index is -0.577. The van der Waals surface area contributed by atoms with Crippen LogP contribution in [0, 0.1) is 23.6 Å². The van der Waals surface area contributed by atoms with E-state index in [-0.39, 0.29) is 18.1 Å². The number of ketones is 1. The lowest BCUT2D eigenvalue weighted by Crippen LogP contribution is -2.20. The maximum absolute atomic E-state index is 13.4. The van der Waals surface area contributed by atoms with Gasteiger partial charge in [0.1, 0.15) is 5.82 Å². The Morgan fingerprint density at radius 1 is 1.19 bits per heavy atom. The smallest absolute Gasteiger partial charge is 0.306 e. The molecule has 3 atom stereocenters. The molecule has 0 radical (unpaired) electrons. The molecule has 0 saturated heterocycles. The number of Topliss-reactive ketones (excluding diaryl/α,β-unsaturated/α-hetero) is 1. The Labute approximate surface area is 123 Å². The van der Waals surface area contributed by atoms with E-state index < -0.39 is 11.6 Å². The number of hydrogen-bond donors (Lipinski definition) is 0. The van der Waals surface area contributed by atoms with E-state index in [0.717, 1.165) is 12.3 Å². The highest BCUT2D eigenvalue weighted by Crippen LogP contribution is 2.49. The van der Waals surface area contributed by atoms with E-state index in [1.165, 1.54) is 37.5 Å². The maximum Gasteiger partial charge on any atom is 0.306 e. The summed E-state index contributed by atoms with van der Waals surface area (Å²) in [4.78, 5) is 23.6. The molecule has 0 N–H and O–H groups in total. The van der Waals surface area contributed by atoms with Gasteiger partial charge in [0.2, 0.25) is 5.78 Å². The molecule has 0 spiro atoms. The van der Waals surface area contributed by atoms with Gasteiger partial charge in [-0.1, -0.05) is 18.6 Å². The van der Waals surface area contributed by atoms with Gasteiger partial charge in [-0.3, -0.25) is 9.59 Å². The van der Waals surface area contributed by atoms with Gasteiger partial charge in [0.25, 0.3) is 0 Å². The fraction of sp³-hybridized carbons (Fsp3) is 0.529. The van der Waals surface area contributed by atoms with Gasteiger partial charge >= 0.3 is 5.97 Å². The van der Waals surface area contributed by atoms with E-state index in [1.54, 1.807) is 6.07 Å². The van der Waals surface area contributed by atoms with Crippen LogP contribution in [0.1, 0.15) is 42.5 Å². The molecular formula is C17H19FO3. The second-order valence-corrected chi connectivity index (χ2v) is 6.20. The van der Waals surface area contributed by atoms with Gasteiger partial charge in [-0.25, -0.2) is 4.39 Å². The molecule has 3 unspecified atom stereocenters. The monoisotopic (exact) mass is 290 g/mol. The Bertz CT molecular complexity index is 555. The molecule has 3 nitrogen and oxygen atoms in total. The van der Waals surface area contributed by atoms with Gasteiger partial charge in [-0.2, -0.15) is 0 Å². The Kier molecular flexibility index (Phi) is 4.04. The van der Waals surface area contributed by atoms with Crippen LogP contribution in [0.5, 0.6) is 0 Å². The zero-order chi connectivity index (χ0) is 14.8. The number of rotatable bonds is 5. The number of hydrogen-bond acceptors (Lipinski definition) is 3. The fourth-order valence-electron chi connectivity index (χ4n) is 3.81.